The first kappa shape index (κ1) is 20.5. The van der Waals surface area contributed by atoms with E-state index in [0.717, 1.165) is 5.56 Å². The van der Waals surface area contributed by atoms with Crippen molar-refractivity contribution in [2.75, 3.05) is 13.1 Å². The van der Waals surface area contributed by atoms with Crippen molar-refractivity contribution in [1.29, 1.82) is 0 Å². The first-order valence-electron chi connectivity index (χ1n) is 9.43. The number of carbonyl (C=O) groups is 1. The second-order valence-corrected chi connectivity index (χ2v) is 10.0. The SMILES string of the molecule is Cc1nn(C(C)(C)C)c(C)c1S(=O)(=O)N1CCNC(=O)CC1c1ccccc1. The molecule has 0 aliphatic carbocycles. The molecule has 1 unspecified atom stereocenters. The third kappa shape index (κ3) is 3.71. The summed E-state index contributed by atoms with van der Waals surface area (Å²) in [6.45, 7) is 9.98. The van der Waals surface area contributed by atoms with Gasteiger partial charge in [0.15, 0.2) is 0 Å². The zero-order valence-electron chi connectivity index (χ0n) is 17.1. The number of aromatic nitrogens is 2. The van der Waals surface area contributed by atoms with Crippen LogP contribution in [0.2, 0.25) is 0 Å². The molecule has 1 saturated heterocycles. The monoisotopic (exact) mass is 404 g/mol. The van der Waals surface area contributed by atoms with Crippen LogP contribution >= 0.6 is 0 Å². The van der Waals surface area contributed by atoms with Crippen LogP contribution in [0.25, 0.3) is 0 Å². The summed E-state index contributed by atoms with van der Waals surface area (Å²) >= 11 is 0. The number of nitrogens with one attached hydrogen (secondary N) is 1. The Balaban J connectivity index is 2.13. The highest BCUT2D eigenvalue weighted by Crippen LogP contribution is 2.34. The Morgan fingerprint density at radius 1 is 1.14 bits per heavy atom. The third-order valence-electron chi connectivity index (χ3n) is 4.99. The summed E-state index contributed by atoms with van der Waals surface area (Å²) in [6.07, 6.45) is 0.0920. The van der Waals surface area contributed by atoms with Crippen LogP contribution in [0.5, 0.6) is 0 Å². The average Bonchev–Trinajstić information content (AvgIpc) is 2.80. The molecule has 1 N–H and O–H groups in total. The van der Waals surface area contributed by atoms with Crippen molar-refractivity contribution in [3.8, 4) is 0 Å². The Hall–Kier alpha value is -2.19. The molecule has 28 heavy (non-hydrogen) atoms. The first-order chi connectivity index (χ1) is 13.0. The van der Waals surface area contributed by atoms with Crippen molar-refractivity contribution in [3.05, 3.63) is 47.3 Å². The van der Waals surface area contributed by atoms with Crippen LogP contribution in [-0.2, 0) is 20.4 Å². The van der Waals surface area contributed by atoms with Gasteiger partial charge in [-0.25, -0.2) is 8.42 Å². The summed E-state index contributed by atoms with van der Waals surface area (Å²) in [5.74, 6) is -0.148. The predicted octanol–water partition coefficient (Wildman–Crippen LogP) is 2.51. The number of aryl methyl sites for hydroxylation is 1. The maximum Gasteiger partial charge on any atom is 0.247 e. The van der Waals surface area contributed by atoms with Gasteiger partial charge in [0.2, 0.25) is 15.9 Å². The van der Waals surface area contributed by atoms with Crippen molar-refractivity contribution in [2.24, 2.45) is 0 Å². The summed E-state index contributed by atoms with van der Waals surface area (Å²) in [5.41, 5.74) is 1.56. The summed E-state index contributed by atoms with van der Waals surface area (Å²) < 4.78 is 30.7. The molecule has 1 amide bonds. The Kier molecular flexibility index (Phi) is 5.38. The topological polar surface area (TPSA) is 84.3 Å². The fourth-order valence-corrected chi connectivity index (χ4v) is 5.80. The van der Waals surface area contributed by atoms with Gasteiger partial charge in [-0.1, -0.05) is 30.3 Å². The molecule has 8 heteroatoms. The van der Waals surface area contributed by atoms with E-state index < -0.39 is 16.1 Å². The molecule has 1 aliphatic heterocycles. The van der Waals surface area contributed by atoms with Gasteiger partial charge < -0.3 is 5.32 Å². The zero-order valence-corrected chi connectivity index (χ0v) is 17.9. The van der Waals surface area contributed by atoms with E-state index in [1.54, 1.807) is 18.5 Å². The van der Waals surface area contributed by atoms with Crippen LogP contribution in [0.15, 0.2) is 35.2 Å². The second kappa shape index (κ2) is 7.33. The van der Waals surface area contributed by atoms with Crippen molar-refractivity contribution >= 4 is 15.9 Å². The van der Waals surface area contributed by atoms with E-state index in [4.69, 9.17) is 0 Å². The highest BCUT2D eigenvalue weighted by Gasteiger charge is 2.39. The molecule has 1 aliphatic rings. The molecule has 0 radical (unpaired) electrons. The van der Waals surface area contributed by atoms with Crippen LogP contribution in [0.1, 0.15) is 50.2 Å². The second-order valence-electron chi connectivity index (χ2n) is 8.18. The van der Waals surface area contributed by atoms with Crippen molar-refractivity contribution in [2.45, 2.75) is 57.5 Å². The van der Waals surface area contributed by atoms with Gasteiger partial charge in [-0.15, -0.1) is 0 Å². The molecule has 1 atom stereocenters. The lowest BCUT2D eigenvalue weighted by atomic mass is 10.0. The number of carbonyl (C=O) groups excluding carboxylic acids is 1. The molecule has 0 spiro atoms. The summed E-state index contributed by atoms with van der Waals surface area (Å²) in [5, 5.41) is 7.30. The molecule has 152 valence electrons. The van der Waals surface area contributed by atoms with Gasteiger partial charge in [0.05, 0.1) is 23.0 Å². The highest BCUT2D eigenvalue weighted by atomic mass is 32.2. The maximum atomic E-state index is 13.7. The lowest BCUT2D eigenvalue weighted by molar-refractivity contribution is -0.121. The van der Waals surface area contributed by atoms with E-state index in [1.165, 1.54) is 4.31 Å². The maximum absolute atomic E-state index is 13.7. The lowest BCUT2D eigenvalue weighted by Gasteiger charge is -2.29. The van der Waals surface area contributed by atoms with Gasteiger partial charge in [-0.3, -0.25) is 9.48 Å². The van der Waals surface area contributed by atoms with E-state index >= 15 is 0 Å². The van der Waals surface area contributed by atoms with Gasteiger partial charge in [-0.05, 0) is 40.2 Å². The summed E-state index contributed by atoms with van der Waals surface area (Å²) in [7, 11) is -3.85. The zero-order chi connectivity index (χ0) is 20.7. The lowest BCUT2D eigenvalue weighted by Crippen LogP contribution is -2.37. The Morgan fingerprint density at radius 3 is 2.36 bits per heavy atom. The highest BCUT2D eigenvalue weighted by molar-refractivity contribution is 7.89. The van der Waals surface area contributed by atoms with Crippen LogP contribution in [0, 0.1) is 13.8 Å². The van der Waals surface area contributed by atoms with Gasteiger partial charge in [0.25, 0.3) is 0 Å². The number of hydrogen-bond acceptors (Lipinski definition) is 4. The molecule has 7 nitrogen and oxygen atoms in total. The van der Waals surface area contributed by atoms with Crippen molar-refractivity contribution < 1.29 is 13.2 Å². The number of hydrogen-bond donors (Lipinski definition) is 1. The van der Waals surface area contributed by atoms with Crippen molar-refractivity contribution in [3.63, 3.8) is 0 Å². The molecule has 2 heterocycles. The third-order valence-corrected chi connectivity index (χ3v) is 7.15. The van der Waals surface area contributed by atoms with E-state index in [2.05, 4.69) is 10.4 Å². The minimum Gasteiger partial charge on any atom is -0.355 e. The molecular weight excluding hydrogens is 376 g/mol. The van der Waals surface area contributed by atoms with E-state index in [-0.39, 0.29) is 35.9 Å². The molecule has 1 aromatic heterocycles. The van der Waals surface area contributed by atoms with Crippen molar-refractivity contribution in [1.82, 2.24) is 19.4 Å². The standard InChI is InChI=1S/C20H28N4O3S/c1-14-19(15(2)24(22-14)20(3,4)5)28(26,27)23-12-11-21-18(25)13-17(23)16-9-7-6-8-10-16/h6-10,17H,11-13H2,1-5H3,(H,21,25). The molecule has 0 saturated carbocycles. The van der Waals surface area contributed by atoms with E-state index in [1.807, 2.05) is 51.1 Å². The number of nitrogens with zero attached hydrogens (tertiary/aromatic N) is 3. The number of rotatable bonds is 3. The van der Waals surface area contributed by atoms with Gasteiger partial charge in [0, 0.05) is 19.5 Å². The number of amides is 1. The summed E-state index contributed by atoms with van der Waals surface area (Å²) in [4.78, 5) is 12.4. The fourth-order valence-electron chi connectivity index (χ4n) is 3.83. The molecule has 1 fully saturated rings. The van der Waals surface area contributed by atoms with Crippen LogP contribution < -0.4 is 5.32 Å². The fraction of sp³-hybridized carbons (Fsp3) is 0.500. The number of benzene rings is 1. The van der Waals surface area contributed by atoms with E-state index in [0.29, 0.717) is 11.4 Å². The van der Waals surface area contributed by atoms with Crippen LogP contribution in [0.4, 0.5) is 0 Å². The first-order valence-corrected chi connectivity index (χ1v) is 10.9. The minimum absolute atomic E-state index is 0.0920. The molecule has 1 aromatic carbocycles. The smallest absolute Gasteiger partial charge is 0.247 e. The van der Waals surface area contributed by atoms with Crippen LogP contribution in [-0.4, -0.2) is 41.5 Å². The van der Waals surface area contributed by atoms with Crippen LogP contribution in [0.3, 0.4) is 0 Å². The Bertz CT molecular complexity index is 975. The molecular formula is C20H28N4O3S. The Morgan fingerprint density at radius 2 is 1.79 bits per heavy atom. The quantitative estimate of drug-likeness (QED) is 0.852. The van der Waals surface area contributed by atoms with E-state index in [9.17, 15) is 13.2 Å². The minimum atomic E-state index is -3.85. The normalized spacial score (nSPS) is 19.3. The largest absolute Gasteiger partial charge is 0.355 e. The Labute approximate surface area is 166 Å². The van der Waals surface area contributed by atoms with Gasteiger partial charge >= 0.3 is 0 Å². The molecule has 2 aromatic rings. The van der Waals surface area contributed by atoms with Gasteiger partial charge in [0.1, 0.15) is 4.90 Å². The summed E-state index contributed by atoms with van der Waals surface area (Å²) in [6, 6.07) is 8.77. The molecule has 3 rings (SSSR count). The van der Waals surface area contributed by atoms with Gasteiger partial charge in [-0.2, -0.15) is 9.40 Å². The number of sulfonamides is 1. The predicted molar refractivity (Wildman–Crippen MR) is 107 cm³/mol. The molecule has 0 bridgehead atoms. The average molecular weight is 405 g/mol.